The molecule has 1 fully saturated rings. The number of furan rings is 1. The van der Waals surface area contributed by atoms with E-state index >= 15 is 0 Å². The molecule has 2 atom stereocenters. The second-order valence-corrected chi connectivity index (χ2v) is 7.10. The van der Waals surface area contributed by atoms with Crippen LogP contribution >= 0.6 is 0 Å². The van der Waals surface area contributed by atoms with E-state index in [0.29, 0.717) is 11.3 Å². The molecule has 0 aromatic carbocycles. The SMILES string of the molecule is CC[C@@]1(C)C[C@](CCNCc2ccco2)(C(C)C)CCO1. The van der Waals surface area contributed by atoms with Crippen LogP contribution in [0.15, 0.2) is 22.8 Å². The second kappa shape index (κ2) is 6.97. The molecular weight excluding hydrogens is 262 g/mol. The average Bonchev–Trinajstić information content (AvgIpc) is 2.97. The Kier molecular flexibility index (Phi) is 5.50. The first-order valence-electron chi connectivity index (χ1n) is 8.37. The number of ether oxygens (including phenoxy) is 1. The predicted octanol–water partition coefficient (Wildman–Crippen LogP) is 4.38. The summed E-state index contributed by atoms with van der Waals surface area (Å²) in [6, 6.07) is 3.96. The fraction of sp³-hybridized carbons (Fsp3) is 0.778. The summed E-state index contributed by atoms with van der Waals surface area (Å²) in [5.74, 6) is 1.71. The van der Waals surface area contributed by atoms with Gasteiger partial charge in [-0.2, -0.15) is 0 Å². The molecule has 0 spiro atoms. The number of hydrogen-bond donors (Lipinski definition) is 1. The fourth-order valence-corrected chi connectivity index (χ4v) is 3.57. The smallest absolute Gasteiger partial charge is 0.117 e. The van der Waals surface area contributed by atoms with Gasteiger partial charge in [0.1, 0.15) is 5.76 Å². The van der Waals surface area contributed by atoms with Gasteiger partial charge in [0.15, 0.2) is 0 Å². The highest BCUT2D eigenvalue weighted by molar-refractivity contribution is 4.98. The van der Waals surface area contributed by atoms with E-state index in [2.05, 4.69) is 33.0 Å². The van der Waals surface area contributed by atoms with E-state index in [1.807, 2.05) is 12.1 Å². The van der Waals surface area contributed by atoms with Crippen molar-refractivity contribution in [3.63, 3.8) is 0 Å². The van der Waals surface area contributed by atoms with Crippen molar-refractivity contribution in [3.8, 4) is 0 Å². The fourth-order valence-electron chi connectivity index (χ4n) is 3.57. The summed E-state index contributed by atoms with van der Waals surface area (Å²) in [7, 11) is 0. The zero-order chi connectivity index (χ0) is 15.3. The van der Waals surface area contributed by atoms with Crippen molar-refractivity contribution < 1.29 is 9.15 Å². The highest BCUT2D eigenvalue weighted by atomic mass is 16.5. The first kappa shape index (κ1) is 16.6. The van der Waals surface area contributed by atoms with Crippen LogP contribution in [-0.4, -0.2) is 18.8 Å². The lowest BCUT2D eigenvalue weighted by Crippen LogP contribution is -2.46. The molecule has 21 heavy (non-hydrogen) atoms. The van der Waals surface area contributed by atoms with Crippen molar-refractivity contribution in [3.05, 3.63) is 24.2 Å². The maximum Gasteiger partial charge on any atom is 0.117 e. The van der Waals surface area contributed by atoms with Gasteiger partial charge in [-0.3, -0.25) is 0 Å². The molecular formula is C18H31NO2. The van der Waals surface area contributed by atoms with Crippen molar-refractivity contribution in [1.29, 1.82) is 0 Å². The molecule has 0 bridgehead atoms. The third-order valence-corrected chi connectivity index (χ3v) is 5.43. The van der Waals surface area contributed by atoms with Crippen LogP contribution in [0.2, 0.25) is 0 Å². The molecule has 2 rings (SSSR count). The quantitative estimate of drug-likeness (QED) is 0.758. The van der Waals surface area contributed by atoms with Gasteiger partial charge in [0.05, 0.1) is 18.4 Å². The van der Waals surface area contributed by atoms with E-state index in [1.54, 1.807) is 6.26 Å². The van der Waals surface area contributed by atoms with E-state index in [1.165, 1.54) is 19.3 Å². The van der Waals surface area contributed by atoms with Crippen molar-refractivity contribution in [2.75, 3.05) is 13.2 Å². The summed E-state index contributed by atoms with van der Waals surface area (Å²) in [5.41, 5.74) is 0.461. The molecule has 1 aliphatic heterocycles. The van der Waals surface area contributed by atoms with Crippen LogP contribution in [0.5, 0.6) is 0 Å². The molecule has 0 saturated carbocycles. The van der Waals surface area contributed by atoms with Gasteiger partial charge >= 0.3 is 0 Å². The van der Waals surface area contributed by atoms with Crippen molar-refractivity contribution >= 4 is 0 Å². The Balaban J connectivity index is 1.89. The molecule has 120 valence electrons. The van der Waals surface area contributed by atoms with E-state index in [0.717, 1.165) is 31.9 Å². The van der Waals surface area contributed by atoms with Crippen LogP contribution in [0, 0.1) is 11.3 Å². The highest BCUT2D eigenvalue weighted by Crippen LogP contribution is 2.47. The van der Waals surface area contributed by atoms with Gasteiger partial charge in [0.2, 0.25) is 0 Å². The zero-order valence-electron chi connectivity index (χ0n) is 14.1. The molecule has 1 aromatic rings. The van der Waals surface area contributed by atoms with Crippen molar-refractivity contribution in [1.82, 2.24) is 5.32 Å². The Labute approximate surface area is 129 Å². The molecule has 0 amide bonds. The molecule has 0 aliphatic carbocycles. The third kappa shape index (κ3) is 4.10. The summed E-state index contributed by atoms with van der Waals surface area (Å²) in [4.78, 5) is 0. The third-order valence-electron chi connectivity index (χ3n) is 5.43. The first-order valence-corrected chi connectivity index (χ1v) is 8.37. The zero-order valence-corrected chi connectivity index (χ0v) is 14.1. The highest BCUT2D eigenvalue weighted by Gasteiger charge is 2.43. The monoisotopic (exact) mass is 293 g/mol. The Bertz CT molecular complexity index is 415. The number of hydrogen-bond acceptors (Lipinski definition) is 3. The van der Waals surface area contributed by atoms with Crippen LogP contribution < -0.4 is 5.32 Å². The van der Waals surface area contributed by atoms with Gasteiger partial charge in [0, 0.05) is 6.61 Å². The minimum atomic E-state index is 0.0591. The van der Waals surface area contributed by atoms with Gasteiger partial charge in [-0.05, 0) is 62.6 Å². The summed E-state index contributed by atoms with van der Waals surface area (Å²) in [5, 5.41) is 3.53. The molecule has 3 nitrogen and oxygen atoms in total. The van der Waals surface area contributed by atoms with E-state index in [4.69, 9.17) is 9.15 Å². The summed E-state index contributed by atoms with van der Waals surface area (Å²) in [6.07, 6.45) is 6.41. The lowest BCUT2D eigenvalue weighted by Gasteiger charge is -2.49. The molecule has 1 N–H and O–H groups in total. The standard InChI is InChI=1S/C18H31NO2/c1-5-17(4)14-18(15(2)3,9-12-21-17)8-10-19-13-16-7-6-11-20-16/h6-7,11,15,19H,5,8-10,12-14H2,1-4H3/t17-,18+/m0/s1. The summed E-state index contributed by atoms with van der Waals surface area (Å²) in [6.45, 7) is 12.0. The van der Waals surface area contributed by atoms with Crippen LogP contribution in [0.25, 0.3) is 0 Å². The molecule has 1 aromatic heterocycles. The summed E-state index contributed by atoms with van der Waals surface area (Å²) < 4.78 is 11.4. The van der Waals surface area contributed by atoms with Gasteiger partial charge < -0.3 is 14.5 Å². The molecule has 2 heterocycles. The number of rotatable bonds is 7. The molecule has 1 aliphatic rings. The van der Waals surface area contributed by atoms with Gasteiger partial charge in [-0.15, -0.1) is 0 Å². The first-order chi connectivity index (χ1) is 10.00. The molecule has 0 unspecified atom stereocenters. The average molecular weight is 293 g/mol. The van der Waals surface area contributed by atoms with Crippen LogP contribution in [-0.2, 0) is 11.3 Å². The van der Waals surface area contributed by atoms with Crippen LogP contribution in [0.3, 0.4) is 0 Å². The van der Waals surface area contributed by atoms with Crippen molar-refractivity contribution in [2.45, 2.75) is 65.5 Å². The van der Waals surface area contributed by atoms with E-state index in [-0.39, 0.29) is 5.60 Å². The normalized spacial score (nSPS) is 30.0. The minimum absolute atomic E-state index is 0.0591. The topological polar surface area (TPSA) is 34.4 Å². The Morgan fingerprint density at radius 2 is 2.19 bits per heavy atom. The maximum absolute atomic E-state index is 6.05. The predicted molar refractivity (Wildman–Crippen MR) is 86.2 cm³/mol. The maximum atomic E-state index is 6.05. The lowest BCUT2D eigenvalue weighted by atomic mass is 9.64. The number of nitrogens with one attached hydrogen (secondary N) is 1. The van der Waals surface area contributed by atoms with E-state index in [9.17, 15) is 0 Å². The molecule has 3 heteroatoms. The van der Waals surface area contributed by atoms with Crippen LogP contribution in [0.1, 0.15) is 59.1 Å². The molecule has 1 saturated heterocycles. The Hall–Kier alpha value is -0.800. The van der Waals surface area contributed by atoms with Crippen molar-refractivity contribution in [2.24, 2.45) is 11.3 Å². The van der Waals surface area contributed by atoms with Gasteiger partial charge in [-0.1, -0.05) is 20.8 Å². The van der Waals surface area contributed by atoms with Gasteiger partial charge in [0.25, 0.3) is 0 Å². The Morgan fingerprint density at radius 3 is 2.81 bits per heavy atom. The largest absolute Gasteiger partial charge is 0.468 e. The second-order valence-electron chi connectivity index (χ2n) is 7.10. The summed E-state index contributed by atoms with van der Waals surface area (Å²) >= 11 is 0. The van der Waals surface area contributed by atoms with Crippen LogP contribution in [0.4, 0.5) is 0 Å². The lowest BCUT2D eigenvalue weighted by molar-refractivity contribution is -0.132. The Morgan fingerprint density at radius 1 is 1.38 bits per heavy atom. The van der Waals surface area contributed by atoms with Gasteiger partial charge in [-0.25, -0.2) is 0 Å². The van der Waals surface area contributed by atoms with E-state index < -0.39 is 0 Å². The molecule has 0 radical (unpaired) electrons. The minimum Gasteiger partial charge on any atom is -0.468 e.